The van der Waals surface area contributed by atoms with Gasteiger partial charge in [0.15, 0.2) is 6.10 Å². The van der Waals surface area contributed by atoms with Gasteiger partial charge in [-0.1, -0.05) is 6.08 Å². The van der Waals surface area contributed by atoms with E-state index in [-0.39, 0.29) is 17.7 Å². The van der Waals surface area contributed by atoms with Crippen molar-refractivity contribution >= 4 is 17.8 Å². The van der Waals surface area contributed by atoms with Crippen molar-refractivity contribution in [3.8, 4) is 0 Å². The molecule has 0 radical (unpaired) electrons. The molecule has 0 unspecified atom stereocenters. The van der Waals surface area contributed by atoms with Gasteiger partial charge < -0.3 is 15.0 Å². The number of likely N-dealkylation sites (tertiary alicyclic amines) is 1. The van der Waals surface area contributed by atoms with Crippen molar-refractivity contribution in [2.45, 2.75) is 25.9 Å². The van der Waals surface area contributed by atoms with Crippen molar-refractivity contribution in [2.24, 2.45) is 5.92 Å². The van der Waals surface area contributed by atoms with Crippen LogP contribution in [-0.2, 0) is 14.3 Å². The molecule has 1 fully saturated rings. The van der Waals surface area contributed by atoms with Crippen molar-refractivity contribution in [1.29, 1.82) is 0 Å². The zero-order chi connectivity index (χ0) is 19.1. The molecule has 0 saturated carbocycles. The highest BCUT2D eigenvalue weighted by Crippen LogP contribution is 2.21. The van der Waals surface area contributed by atoms with Gasteiger partial charge in [0, 0.05) is 25.2 Å². The van der Waals surface area contributed by atoms with E-state index in [1.165, 1.54) is 31.2 Å². The van der Waals surface area contributed by atoms with Crippen molar-refractivity contribution in [3.05, 3.63) is 48.3 Å². The van der Waals surface area contributed by atoms with E-state index in [1.807, 2.05) is 0 Å². The standard InChI is InChI=1S/C19H23FN2O4/c1-3-10-21-17(23)13(2)26-19(25)15-8-11-22(12-9-15)18(24)14-4-6-16(20)7-5-14/h3-7,13,15H,1,8-12H2,2H3,(H,21,23)/t13-/m1/s1. The van der Waals surface area contributed by atoms with Crippen molar-refractivity contribution in [1.82, 2.24) is 10.2 Å². The molecule has 0 aromatic heterocycles. The molecule has 0 bridgehead atoms. The average molecular weight is 362 g/mol. The lowest BCUT2D eigenvalue weighted by atomic mass is 9.96. The van der Waals surface area contributed by atoms with E-state index < -0.39 is 17.9 Å². The summed E-state index contributed by atoms with van der Waals surface area (Å²) < 4.78 is 18.2. The molecule has 2 rings (SSSR count). The van der Waals surface area contributed by atoms with Gasteiger partial charge in [-0.15, -0.1) is 6.58 Å². The maximum Gasteiger partial charge on any atom is 0.309 e. The molecule has 1 aromatic carbocycles. The Balaban J connectivity index is 1.82. The van der Waals surface area contributed by atoms with Crippen LogP contribution in [0.2, 0.25) is 0 Å². The minimum atomic E-state index is -0.874. The van der Waals surface area contributed by atoms with Crippen LogP contribution in [0.5, 0.6) is 0 Å². The SMILES string of the molecule is C=CCNC(=O)[C@@H](C)OC(=O)C1CCN(C(=O)c2ccc(F)cc2)CC1. The molecule has 0 aliphatic carbocycles. The summed E-state index contributed by atoms with van der Waals surface area (Å²) in [6.45, 7) is 6.15. The zero-order valence-corrected chi connectivity index (χ0v) is 14.7. The highest BCUT2D eigenvalue weighted by Gasteiger charge is 2.30. The lowest BCUT2D eigenvalue weighted by Crippen LogP contribution is -2.42. The van der Waals surface area contributed by atoms with Crippen molar-refractivity contribution < 1.29 is 23.5 Å². The van der Waals surface area contributed by atoms with E-state index in [2.05, 4.69) is 11.9 Å². The summed E-state index contributed by atoms with van der Waals surface area (Å²) in [6.07, 6.45) is 1.60. The van der Waals surface area contributed by atoms with Gasteiger partial charge in [-0.2, -0.15) is 0 Å². The predicted molar refractivity (Wildman–Crippen MR) is 93.8 cm³/mol. The fourth-order valence-electron chi connectivity index (χ4n) is 2.73. The van der Waals surface area contributed by atoms with Gasteiger partial charge in [0.05, 0.1) is 5.92 Å². The van der Waals surface area contributed by atoms with Gasteiger partial charge in [0.1, 0.15) is 5.82 Å². The molecule has 1 N–H and O–H groups in total. The first-order valence-corrected chi connectivity index (χ1v) is 8.56. The molecule has 26 heavy (non-hydrogen) atoms. The van der Waals surface area contributed by atoms with Crippen molar-refractivity contribution in [2.75, 3.05) is 19.6 Å². The molecule has 140 valence electrons. The summed E-state index contributed by atoms with van der Waals surface area (Å²) in [5.74, 6) is -1.73. The molecular weight excluding hydrogens is 339 g/mol. The minimum absolute atomic E-state index is 0.186. The average Bonchev–Trinajstić information content (AvgIpc) is 2.66. The van der Waals surface area contributed by atoms with Crippen LogP contribution >= 0.6 is 0 Å². The summed E-state index contributed by atoms with van der Waals surface area (Å²) >= 11 is 0. The number of esters is 1. The maximum atomic E-state index is 13.0. The molecule has 1 saturated heterocycles. The Bertz CT molecular complexity index is 667. The number of piperidine rings is 1. The van der Waals surface area contributed by atoms with Crippen LogP contribution in [0.3, 0.4) is 0 Å². The third-order valence-corrected chi connectivity index (χ3v) is 4.29. The normalized spacial score (nSPS) is 15.8. The summed E-state index contributed by atoms with van der Waals surface area (Å²) in [7, 11) is 0. The van der Waals surface area contributed by atoms with Gasteiger partial charge in [-0.05, 0) is 44.0 Å². The van der Waals surface area contributed by atoms with Gasteiger partial charge >= 0.3 is 5.97 Å². The third-order valence-electron chi connectivity index (χ3n) is 4.29. The van der Waals surface area contributed by atoms with E-state index in [4.69, 9.17) is 4.74 Å². The van der Waals surface area contributed by atoms with Crippen molar-refractivity contribution in [3.63, 3.8) is 0 Å². The molecule has 1 aliphatic rings. The highest BCUT2D eigenvalue weighted by molar-refractivity contribution is 5.94. The molecule has 6 nitrogen and oxygen atoms in total. The Morgan fingerprint density at radius 1 is 1.31 bits per heavy atom. The van der Waals surface area contributed by atoms with Gasteiger partial charge in [-0.3, -0.25) is 14.4 Å². The van der Waals surface area contributed by atoms with Gasteiger partial charge in [0.2, 0.25) is 0 Å². The lowest BCUT2D eigenvalue weighted by Gasteiger charge is -2.31. The molecule has 0 spiro atoms. The first kappa shape index (κ1) is 19.6. The molecule has 1 aromatic rings. The predicted octanol–water partition coefficient (Wildman–Crippen LogP) is 1.91. The van der Waals surface area contributed by atoms with Crippen LogP contribution in [0.1, 0.15) is 30.1 Å². The summed E-state index contributed by atoms with van der Waals surface area (Å²) in [4.78, 5) is 37.9. The van der Waals surface area contributed by atoms with Crippen LogP contribution in [0.4, 0.5) is 4.39 Å². The van der Waals surface area contributed by atoms with E-state index in [0.717, 1.165) is 0 Å². The Morgan fingerprint density at radius 3 is 2.50 bits per heavy atom. The fraction of sp³-hybridized carbons (Fsp3) is 0.421. The number of carbonyl (C=O) groups excluding carboxylic acids is 3. The molecule has 1 heterocycles. The Hall–Kier alpha value is -2.70. The second kappa shape index (κ2) is 9.12. The number of carbonyl (C=O) groups is 3. The molecule has 2 amide bonds. The quantitative estimate of drug-likeness (QED) is 0.620. The summed E-state index contributed by atoms with van der Waals surface area (Å²) in [6, 6.07) is 5.38. The first-order chi connectivity index (χ1) is 12.4. The molecule has 1 aliphatic heterocycles. The van der Waals surface area contributed by atoms with Crippen LogP contribution in [-0.4, -0.2) is 48.4 Å². The smallest absolute Gasteiger partial charge is 0.309 e. The van der Waals surface area contributed by atoms with E-state index in [9.17, 15) is 18.8 Å². The molecule has 1 atom stereocenters. The van der Waals surface area contributed by atoms with E-state index in [0.29, 0.717) is 38.0 Å². The topological polar surface area (TPSA) is 75.7 Å². The number of hydrogen-bond donors (Lipinski definition) is 1. The summed E-state index contributed by atoms with van der Waals surface area (Å²) in [5.41, 5.74) is 0.417. The van der Waals surface area contributed by atoms with Gasteiger partial charge in [-0.25, -0.2) is 4.39 Å². The Kier molecular flexibility index (Phi) is 6.89. The van der Waals surface area contributed by atoms with Crippen LogP contribution in [0, 0.1) is 11.7 Å². The largest absolute Gasteiger partial charge is 0.452 e. The maximum absolute atomic E-state index is 13.0. The van der Waals surface area contributed by atoms with Gasteiger partial charge in [0.25, 0.3) is 11.8 Å². The molecule has 7 heteroatoms. The first-order valence-electron chi connectivity index (χ1n) is 8.56. The van der Waals surface area contributed by atoms with Crippen LogP contribution in [0.25, 0.3) is 0 Å². The second-order valence-electron chi connectivity index (χ2n) is 6.19. The number of benzene rings is 1. The Labute approximate surface area is 152 Å². The number of amides is 2. The van der Waals surface area contributed by atoms with E-state index in [1.54, 1.807) is 11.0 Å². The van der Waals surface area contributed by atoms with E-state index >= 15 is 0 Å². The number of nitrogens with zero attached hydrogens (tertiary/aromatic N) is 1. The zero-order valence-electron chi connectivity index (χ0n) is 14.7. The number of rotatable bonds is 6. The number of halogens is 1. The Morgan fingerprint density at radius 2 is 1.92 bits per heavy atom. The highest BCUT2D eigenvalue weighted by atomic mass is 19.1. The summed E-state index contributed by atoms with van der Waals surface area (Å²) in [5, 5.41) is 2.57. The monoisotopic (exact) mass is 362 g/mol. The number of hydrogen-bond acceptors (Lipinski definition) is 4. The lowest BCUT2D eigenvalue weighted by molar-refractivity contribution is -0.159. The van der Waals surface area contributed by atoms with Crippen LogP contribution in [0.15, 0.2) is 36.9 Å². The minimum Gasteiger partial charge on any atom is -0.452 e. The number of nitrogens with one attached hydrogen (secondary N) is 1. The fourth-order valence-corrected chi connectivity index (χ4v) is 2.73. The van der Waals surface area contributed by atoms with Crippen LogP contribution < -0.4 is 5.32 Å². The number of ether oxygens (including phenoxy) is 1. The molecular formula is C19H23FN2O4. The third kappa shape index (κ3) is 5.15. The second-order valence-corrected chi connectivity index (χ2v) is 6.19.